The Hall–Kier alpha value is -1.69. The van der Waals surface area contributed by atoms with Crippen LogP contribution in [0, 0.1) is 0 Å². The number of rotatable bonds is 4. The van der Waals surface area contributed by atoms with Crippen molar-refractivity contribution < 1.29 is 4.79 Å². The average Bonchev–Trinajstić information content (AvgIpc) is 3.06. The highest BCUT2D eigenvalue weighted by molar-refractivity contribution is 5.82. The molecule has 6 nitrogen and oxygen atoms in total. The molecule has 1 unspecified atom stereocenters. The molecule has 1 aliphatic heterocycles. The Morgan fingerprint density at radius 2 is 2.32 bits per heavy atom. The molecule has 3 rings (SSSR count). The quantitative estimate of drug-likeness (QED) is 0.814. The lowest BCUT2D eigenvalue weighted by Crippen LogP contribution is -2.43. The van der Waals surface area contributed by atoms with Gasteiger partial charge in [-0.1, -0.05) is 0 Å². The number of amides is 1. The van der Waals surface area contributed by atoms with E-state index in [1.165, 1.54) is 0 Å². The van der Waals surface area contributed by atoms with Gasteiger partial charge in [-0.2, -0.15) is 0 Å². The molecule has 1 aromatic heterocycles. The number of nitrogens with one attached hydrogen (secondary N) is 1. The summed E-state index contributed by atoms with van der Waals surface area (Å²) in [5.41, 5.74) is 5.65. The van der Waals surface area contributed by atoms with Crippen molar-refractivity contribution in [3.8, 4) is 0 Å². The molecular formula is C13H19N5O. The van der Waals surface area contributed by atoms with Crippen molar-refractivity contribution in [2.45, 2.75) is 44.3 Å². The van der Waals surface area contributed by atoms with Gasteiger partial charge >= 0.3 is 0 Å². The molecule has 0 radical (unpaired) electrons. The summed E-state index contributed by atoms with van der Waals surface area (Å²) in [5, 5.41) is 3.08. The van der Waals surface area contributed by atoms with Crippen LogP contribution < -0.4 is 11.1 Å². The van der Waals surface area contributed by atoms with Gasteiger partial charge in [0.25, 0.3) is 0 Å². The van der Waals surface area contributed by atoms with Gasteiger partial charge in [-0.25, -0.2) is 9.97 Å². The van der Waals surface area contributed by atoms with Crippen molar-refractivity contribution in [1.82, 2.24) is 20.2 Å². The highest BCUT2D eigenvalue weighted by Gasteiger charge is 2.34. The van der Waals surface area contributed by atoms with E-state index in [1.807, 2.05) is 0 Å². The average molecular weight is 261 g/mol. The fraction of sp³-hybridized carbons (Fsp3) is 0.615. The number of nitrogens with zero attached hydrogens (tertiary/aromatic N) is 3. The van der Waals surface area contributed by atoms with Gasteiger partial charge in [0.05, 0.1) is 12.6 Å². The van der Waals surface area contributed by atoms with Crippen LogP contribution in [0.25, 0.3) is 0 Å². The van der Waals surface area contributed by atoms with Crippen molar-refractivity contribution in [1.29, 1.82) is 0 Å². The number of nitrogen functional groups attached to an aromatic ring is 1. The smallest absolute Gasteiger partial charge is 0.237 e. The van der Waals surface area contributed by atoms with E-state index in [2.05, 4.69) is 20.2 Å². The molecule has 2 heterocycles. The summed E-state index contributed by atoms with van der Waals surface area (Å²) in [6.45, 7) is 1.51. The van der Waals surface area contributed by atoms with Crippen molar-refractivity contribution in [2.75, 3.05) is 12.3 Å². The number of aromatic nitrogens is 2. The molecule has 6 heteroatoms. The number of hydrogen-bond donors (Lipinski definition) is 2. The molecule has 0 aromatic carbocycles. The lowest BCUT2D eigenvalue weighted by molar-refractivity contribution is -0.125. The zero-order chi connectivity index (χ0) is 13.2. The Bertz CT molecular complexity index is 474. The predicted molar refractivity (Wildman–Crippen MR) is 71.0 cm³/mol. The Morgan fingerprint density at radius 3 is 3.05 bits per heavy atom. The van der Waals surface area contributed by atoms with Gasteiger partial charge in [0, 0.05) is 12.2 Å². The van der Waals surface area contributed by atoms with Crippen LogP contribution in [0.5, 0.6) is 0 Å². The van der Waals surface area contributed by atoms with Crippen LogP contribution in [0.4, 0.5) is 5.82 Å². The third-order valence-corrected chi connectivity index (χ3v) is 3.66. The van der Waals surface area contributed by atoms with Crippen molar-refractivity contribution >= 4 is 11.7 Å². The number of carbonyl (C=O) groups excluding carboxylic acids is 1. The van der Waals surface area contributed by atoms with Gasteiger partial charge in [-0.05, 0) is 38.3 Å². The van der Waals surface area contributed by atoms with E-state index in [-0.39, 0.29) is 11.9 Å². The molecule has 3 N–H and O–H groups in total. The minimum atomic E-state index is -0.0365. The standard InChI is InChI=1S/C13H19N5O/c14-11-5-6-15-12(17-11)8-18-7-1-2-10(18)13(19)16-9-3-4-9/h5-6,9-10H,1-4,7-8H2,(H,16,19)(H2,14,15,17). The number of nitrogens with two attached hydrogens (primary N) is 1. The first kappa shape index (κ1) is 12.3. The summed E-state index contributed by atoms with van der Waals surface area (Å²) in [6, 6.07) is 2.05. The topological polar surface area (TPSA) is 84.1 Å². The van der Waals surface area contributed by atoms with E-state index in [9.17, 15) is 4.79 Å². The van der Waals surface area contributed by atoms with Crippen LogP contribution >= 0.6 is 0 Å². The second-order valence-electron chi connectivity index (χ2n) is 5.31. The zero-order valence-electron chi connectivity index (χ0n) is 10.9. The lowest BCUT2D eigenvalue weighted by atomic mass is 10.2. The normalized spacial score (nSPS) is 23.5. The molecule has 19 heavy (non-hydrogen) atoms. The Labute approximate surface area is 112 Å². The molecule has 0 spiro atoms. The van der Waals surface area contributed by atoms with Crippen LogP contribution in [0.15, 0.2) is 12.3 Å². The van der Waals surface area contributed by atoms with E-state index < -0.39 is 0 Å². The van der Waals surface area contributed by atoms with Crippen molar-refractivity contribution in [3.05, 3.63) is 18.1 Å². The van der Waals surface area contributed by atoms with E-state index in [4.69, 9.17) is 5.73 Å². The van der Waals surface area contributed by atoms with Crippen molar-refractivity contribution in [3.63, 3.8) is 0 Å². The van der Waals surface area contributed by atoms with Gasteiger partial charge < -0.3 is 11.1 Å². The number of anilines is 1. The van der Waals surface area contributed by atoms with Crippen LogP contribution in [-0.4, -0.2) is 39.4 Å². The maximum Gasteiger partial charge on any atom is 0.237 e. The minimum absolute atomic E-state index is 0.0365. The number of likely N-dealkylation sites (tertiary alicyclic amines) is 1. The summed E-state index contributed by atoms with van der Waals surface area (Å²) in [6.07, 6.45) is 5.87. The van der Waals surface area contributed by atoms with Gasteiger partial charge in [0.15, 0.2) is 0 Å². The molecule has 1 amide bonds. The molecule has 2 fully saturated rings. The summed E-state index contributed by atoms with van der Waals surface area (Å²) in [4.78, 5) is 22.7. The van der Waals surface area contributed by atoms with Gasteiger partial charge in [-0.3, -0.25) is 9.69 Å². The first-order valence-corrected chi connectivity index (χ1v) is 6.84. The Morgan fingerprint density at radius 1 is 1.47 bits per heavy atom. The number of hydrogen-bond acceptors (Lipinski definition) is 5. The molecule has 102 valence electrons. The van der Waals surface area contributed by atoms with Gasteiger partial charge in [0.2, 0.25) is 5.91 Å². The largest absolute Gasteiger partial charge is 0.384 e. The third kappa shape index (κ3) is 3.01. The molecule has 1 atom stereocenters. The fourth-order valence-corrected chi connectivity index (χ4v) is 2.51. The molecule has 1 saturated heterocycles. The maximum atomic E-state index is 12.1. The molecule has 1 aromatic rings. The number of carbonyl (C=O) groups is 1. The first-order chi connectivity index (χ1) is 9.22. The minimum Gasteiger partial charge on any atom is -0.384 e. The monoisotopic (exact) mass is 261 g/mol. The summed E-state index contributed by atoms with van der Waals surface area (Å²) in [7, 11) is 0. The van der Waals surface area contributed by atoms with E-state index >= 15 is 0 Å². The zero-order valence-corrected chi connectivity index (χ0v) is 10.9. The maximum absolute atomic E-state index is 12.1. The summed E-state index contributed by atoms with van der Waals surface area (Å²) in [5.74, 6) is 1.32. The fourth-order valence-electron chi connectivity index (χ4n) is 2.51. The first-order valence-electron chi connectivity index (χ1n) is 6.84. The van der Waals surface area contributed by atoms with Crippen LogP contribution in [0.2, 0.25) is 0 Å². The van der Waals surface area contributed by atoms with Gasteiger partial charge in [0.1, 0.15) is 11.6 Å². The molecule has 1 saturated carbocycles. The Kier molecular flexibility index (Phi) is 3.33. The van der Waals surface area contributed by atoms with Crippen molar-refractivity contribution in [2.24, 2.45) is 0 Å². The van der Waals surface area contributed by atoms with Gasteiger partial charge in [-0.15, -0.1) is 0 Å². The lowest BCUT2D eigenvalue weighted by Gasteiger charge is -2.22. The Balaban J connectivity index is 1.63. The molecule has 1 aliphatic carbocycles. The van der Waals surface area contributed by atoms with Crippen LogP contribution in [-0.2, 0) is 11.3 Å². The molecule has 2 aliphatic rings. The van der Waals surface area contributed by atoms with Crippen LogP contribution in [0.1, 0.15) is 31.5 Å². The molecular weight excluding hydrogens is 242 g/mol. The highest BCUT2D eigenvalue weighted by atomic mass is 16.2. The second-order valence-corrected chi connectivity index (χ2v) is 5.31. The second kappa shape index (κ2) is 5.13. The van der Waals surface area contributed by atoms with E-state index in [0.29, 0.717) is 24.2 Å². The van der Waals surface area contributed by atoms with Crippen LogP contribution in [0.3, 0.4) is 0 Å². The third-order valence-electron chi connectivity index (χ3n) is 3.66. The molecule has 0 bridgehead atoms. The summed E-state index contributed by atoms with van der Waals surface area (Å²) >= 11 is 0. The van der Waals surface area contributed by atoms with E-state index in [0.717, 1.165) is 32.2 Å². The highest BCUT2D eigenvalue weighted by Crippen LogP contribution is 2.23. The SMILES string of the molecule is Nc1ccnc(CN2CCCC2C(=O)NC2CC2)n1. The van der Waals surface area contributed by atoms with E-state index in [1.54, 1.807) is 12.3 Å². The predicted octanol–water partition coefficient (Wildman–Crippen LogP) is 0.302. The summed E-state index contributed by atoms with van der Waals surface area (Å²) < 4.78 is 0.